The van der Waals surface area contributed by atoms with Gasteiger partial charge < -0.3 is 14.8 Å². The Morgan fingerprint density at radius 2 is 1.60 bits per heavy atom. The molecule has 0 radical (unpaired) electrons. The normalized spacial score (nSPS) is 11.9. The second-order valence-corrected chi connectivity index (χ2v) is 11.5. The van der Waals surface area contributed by atoms with Gasteiger partial charge in [-0.25, -0.2) is 4.79 Å². The van der Waals surface area contributed by atoms with E-state index in [-0.39, 0.29) is 18.0 Å². The van der Waals surface area contributed by atoms with E-state index >= 15 is 0 Å². The fraction of sp³-hybridized carbons (Fsp3) is 0.235. The summed E-state index contributed by atoms with van der Waals surface area (Å²) in [5.74, 6) is -0.828. The number of aromatic nitrogens is 1. The van der Waals surface area contributed by atoms with Crippen molar-refractivity contribution in [2.75, 3.05) is 12.4 Å². The molecule has 0 spiro atoms. The third kappa shape index (κ3) is 7.78. The molecule has 0 bridgehead atoms. The number of pyridine rings is 1. The summed E-state index contributed by atoms with van der Waals surface area (Å²) in [7, 11) is 1.45. The minimum Gasteiger partial charge on any atom is -0.495 e. The Kier molecular flexibility index (Phi) is 9.51. The molecule has 1 unspecified atom stereocenters. The zero-order valence-corrected chi connectivity index (χ0v) is 25.4. The molecule has 4 rings (SSSR count). The van der Waals surface area contributed by atoms with E-state index < -0.39 is 29.1 Å². The molecule has 0 aliphatic heterocycles. The molecule has 8 nitrogen and oxygen atoms in total. The molecular formula is C34H33ClN2O6. The average molecular weight is 601 g/mol. The standard InChI is InChI=1S/C34H33ClN2O6/c1-21(38)26-16-13-24(35)18-27(26)28-19-31(39)37(20-30(28)42-5)29(17-22-9-7-6-8-10-22)32(40)36-25-14-11-23(12-15-25)33(41)43-34(2,3)4/h6-16,18-20,29H,17H2,1-5H3,(H,36,40). The molecule has 0 aliphatic carbocycles. The Morgan fingerprint density at radius 3 is 2.21 bits per heavy atom. The van der Waals surface area contributed by atoms with Crippen molar-refractivity contribution < 1.29 is 23.9 Å². The van der Waals surface area contributed by atoms with Gasteiger partial charge in [0.25, 0.3) is 5.56 Å². The van der Waals surface area contributed by atoms with Crippen LogP contribution in [0.25, 0.3) is 11.1 Å². The Morgan fingerprint density at radius 1 is 0.930 bits per heavy atom. The number of ketones is 1. The number of anilines is 1. The van der Waals surface area contributed by atoms with Crippen LogP contribution >= 0.6 is 11.6 Å². The highest BCUT2D eigenvalue weighted by Gasteiger charge is 2.25. The van der Waals surface area contributed by atoms with Crippen LogP contribution in [0.1, 0.15) is 60.0 Å². The van der Waals surface area contributed by atoms with Gasteiger partial charge in [0.2, 0.25) is 5.91 Å². The van der Waals surface area contributed by atoms with Crippen molar-refractivity contribution in [1.29, 1.82) is 0 Å². The number of hydrogen-bond acceptors (Lipinski definition) is 6. The lowest BCUT2D eigenvalue weighted by molar-refractivity contribution is -0.119. The number of ether oxygens (including phenoxy) is 2. The summed E-state index contributed by atoms with van der Waals surface area (Å²) < 4.78 is 12.4. The Balaban J connectivity index is 1.72. The van der Waals surface area contributed by atoms with Crippen LogP contribution in [-0.2, 0) is 16.0 Å². The highest BCUT2D eigenvalue weighted by atomic mass is 35.5. The Bertz CT molecular complexity index is 1710. The number of hydrogen-bond donors (Lipinski definition) is 1. The molecule has 1 aromatic heterocycles. The van der Waals surface area contributed by atoms with Gasteiger partial charge in [-0.15, -0.1) is 0 Å². The molecule has 0 fully saturated rings. The van der Waals surface area contributed by atoms with Crippen LogP contribution in [0.15, 0.2) is 89.9 Å². The maximum atomic E-state index is 13.8. The quantitative estimate of drug-likeness (QED) is 0.168. The van der Waals surface area contributed by atoms with Crippen LogP contribution in [0, 0.1) is 0 Å². The summed E-state index contributed by atoms with van der Waals surface area (Å²) in [4.78, 5) is 52.1. The van der Waals surface area contributed by atoms with Crippen LogP contribution in [0.2, 0.25) is 5.02 Å². The second-order valence-electron chi connectivity index (χ2n) is 11.0. The highest BCUT2D eigenvalue weighted by molar-refractivity contribution is 6.31. The average Bonchev–Trinajstić information content (AvgIpc) is 2.95. The van der Waals surface area contributed by atoms with Crippen molar-refractivity contribution in [3.63, 3.8) is 0 Å². The molecule has 0 saturated heterocycles. The van der Waals surface area contributed by atoms with E-state index in [0.717, 1.165) is 5.56 Å². The molecule has 1 N–H and O–H groups in total. The van der Waals surface area contributed by atoms with E-state index in [1.165, 1.54) is 30.9 Å². The molecule has 0 aliphatic rings. The largest absolute Gasteiger partial charge is 0.495 e. The van der Waals surface area contributed by atoms with Gasteiger partial charge in [0.1, 0.15) is 17.4 Å². The fourth-order valence-electron chi connectivity index (χ4n) is 4.60. The van der Waals surface area contributed by atoms with Crippen molar-refractivity contribution in [2.45, 2.75) is 45.8 Å². The van der Waals surface area contributed by atoms with Crippen molar-refractivity contribution in [1.82, 2.24) is 4.57 Å². The number of nitrogens with one attached hydrogen (secondary N) is 1. The van der Waals surface area contributed by atoms with E-state index in [0.29, 0.717) is 33.0 Å². The zero-order valence-electron chi connectivity index (χ0n) is 24.6. The summed E-state index contributed by atoms with van der Waals surface area (Å²) in [6.07, 6.45) is 1.68. The van der Waals surface area contributed by atoms with Gasteiger partial charge in [-0.1, -0.05) is 41.9 Å². The molecule has 0 saturated carbocycles. The van der Waals surface area contributed by atoms with Gasteiger partial charge in [-0.05, 0) is 81.3 Å². The van der Waals surface area contributed by atoms with Gasteiger partial charge in [-0.3, -0.25) is 19.0 Å². The van der Waals surface area contributed by atoms with Crippen LogP contribution in [-0.4, -0.2) is 34.9 Å². The highest BCUT2D eigenvalue weighted by Crippen LogP contribution is 2.34. The van der Waals surface area contributed by atoms with Gasteiger partial charge >= 0.3 is 5.97 Å². The number of nitrogens with zero attached hydrogens (tertiary/aromatic N) is 1. The number of esters is 1. The van der Waals surface area contributed by atoms with Crippen molar-refractivity contribution in [3.05, 3.63) is 117 Å². The van der Waals surface area contributed by atoms with Crippen molar-refractivity contribution >= 4 is 34.9 Å². The third-order valence-corrected chi connectivity index (χ3v) is 6.85. The maximum absolute atomic E-state index is 13.8. The molecule has 9 heteroatoms. The minimum atomic E-state index is -0.963. The summed E-state index contributed by atoms with van der Waals surface area (Å²) in [6, 6.07) is 20.9. The number of benzene rings is 3. The third-order valence-electron chi connectivity index (χ3n) is 6.61. The SMILES string of the molecule is COc1cn(C(Cc2ccccc2)C(=O)Nc2ccc(C(=O)OC(C)(C)C)cc2)c(=O)cc1-c1cc(Cl)ccc1C(C)=O. The molecule has 43 heavy (non-hydrogen) atoms. The number of rotatable bonds is 9. The lowest BCUT2D eigenvalue weighted by Crippen LogP contribution is -2.34. The van der Waals surface area contributed by atoms with Gasteiger partial charge in [-0.2, -0.15) is 0 Å². The first kappa shape index (κ1) is 31.3. The summed E-state index contributed by atoms with van der Waals surface area (Å²) >= 11 is 6.24. The second kappa shape index (κ2) is 13.1. The van der Waals surface area contributed by atoms with Gasteiger partial charge in [0.15, 0.2) is 5.78 Å². The predicted octanol–water partition coefficient (Wildman–Crippen LogP) is 6.76. The van der Waals surface area contributed by atoms with E-state index in [2.05, 4.69) is 5.32 Å². The van der Waals surface area contributed by atoms with E-state index in [1.54, 1.807) is 63.2 Å². The molecule has 1 heterocycles. The smallest absolute Gasteiger partial charge is 0.338 e. The first-order chi connectivity index (χ1) is 20.4. The molecule has 1 atom stereocenters. The van der Waals surface area contributed by atoms with Crippen molar-refractivity contribution in [3.8, 4) is 16.9 Å². The van der Waals surface area contributed by atoms with E-state index in [9.17, 15) is 19.2 Å². The molecule has 222 valence electrons. The molecule has 4 aromatic rings. The lowest BCUT2D eigenvalue weighted by atomic mass is 9.97. The first-order valence-electron chi connectivity index (χ1n) is 13.7. The van der Waals surface area contributed by atoms with E-state index in [1.807, 2.05) is 30.3 Å². The first-order valence-corrected chi connectivity index (χ1v) is 14.0. The monoisotopic (exact) mass is 600 g/mol. The predicted molar refractivity (Wildman–Crippen MR) is 167 cm³/mol. The van der Waals surface area contributed by atoms with Crippen LogP contribution in [0.3, 0.4) is 0 Å². The summed E-state index contributed by atoms with van der Waals surface area (Å²) in [5, 5.41) is 3.26. The van der Waals surface area contributed by atoms with Gasteiger partial charge in [0.05, 0.1) is 18.9 Å². The van der Waals surface area contributed by atoms with Crippen molar-refractivity contribution in [2.24, 2.45) is 0 Å². The maximum Gasteiger partial charge on any atom is 0.338 e. The Hall–Kier alpha value is -4.69. The van der Waals surface area contributed by atoms with Gasteiger partial charge in [0, 0.05) is 34.3 Å². The van der Waals surface area contributed by atoms with Crippen LogP contribution < -0.4 is 15.6 Å². The molecule has 3 aromatic carbocycles. The zero-order chi connectivity index (χ0) is 31.3. The number of carbonyl (C=O) groups is 3. The Labute approximate surface area is 255 Å². The minimum absolute atomic E-state index is 0.197. The molecular weight excluding hydrogens is 568 g/mol. The number of halogens is 1. The number of carbonyl (C=O) groups excluding carboxylic acids is 3. The summed E-state index contributed by atoms with van der Waals surface area (Å²) in [6.45, 7) is 6.79. The van der Waals surface area contributed by atoms with Crippen LogP contribution in [0.4, 0.5) is 5.69 Å². The number of amides is 1. The van der Waals surface area contributed by atoms with E-state index in [4.69, 9.17) is 21.1 Å². The number of Topliss-reactive ketones (excluding diaryl/α,β-unsaturated/α-hetero) is 1. The lowest BCUT2D eigenvalue weighted by Gasteiger charge is -2.22. The summed E-state index contributed by atoms with van der Waals surface area (Å²) in [5.41, 5.74) is 1.73. The fourth-order valence-corrected chi connectivity index (χ4v) is 4.77. The van der Waals surface area contributed by atoms with Crippen LogP contribution in [0.5, 0.6) is 5.75 Å². The topological polar surface area (TPSA) is 104 Å². The number of methoxy groups -OCH3 is 1. The molecule has 1 amide bonds.